The second kappa shape index (κ2) is 8.46. The second-order valence-electron chi connectivity index (χ2n) is 7.41. The molecule has 136 valence electrons. The molecule has 24 heavy (non-hydrogen) atoms. The Bertz CT molecular complexity index is 521. The first-order valence-corrected chi connectivity index (χ1v) is 9.00. The normalized spacial score (nSPS) is 19.2. The van der Waals surface area contributed by atoms with Gasteiger partial charge in [0, 0.05) is 19.6 Å². The number of nitrogens with one attached hydrogen (secondary N) is 2. The van der Waals surface area contributed by atoms with E-state index in [0.717, 1.165) is 24.8 Å². The van der Waals surface area contributed by atoms with Gasteiger partial charge in [0.15, 0.2) is 5.82 Å². The SMILES string of the molecule is CC1CCN([C@H](CNC(=O)N[C@@H](C)c2nncn2C)C(C)C)CC1. The molecule has 7 heteroatoms. The highest BCUT2D eigenvalue weighted by atomic mass is 16.2. The van der Waals surface area contributed by atoms with Gasteiger partial charge in [0.2, 0.25) is 0 Å². The van der Waals surface area contributed by atoms with Gasteiger partial charge in [-0.2, -0.15) is 0 Å². The van der Waals surface area contributed by atoms with E-state index in [1.807, 2.05) is 18.5 Å². The summed E-state index contributed by atoms with van der Waals surface area (Å²) >= 11 is 0. The molecule has 1 fully saturated rings. The number of rotatable bonds is 6. The van der Waals surface area contributed by atoms with E-state index in [1.165, 1.54) is 12.8 Å². The van der Waals surface area contributed by atoms with Gasteiger partial charge in [-0.05, 0) is 44.7 Å². The third-order valence-electron chi connectivity index (χ3n) is 5.01. The van der Waals surface area contributed by atoms with E-state index in [2.05, 4.69) is 46.5 Å². The summed E-state index contributed by atoms with van der Waals surface area (Å²) in [6.07, 6.45) is 4.13. The van der Waals surface area contributed by atoms with Gasteiger partial charge in [-0.15, -0.1) is 10.2 Å². The Morgan fingerprint density at radius 2 is 2.00 bits per heavy atom. The first-order valence-electron chi connectivity index (χ1n) is 9.00. The summed E-state index contributed by atoms with van der Waals surface area (Å²) in [6, 6.07) is 0.0562. The molecule has 2 heterocycles. The van der Waals surface area contributed by atoms with Crippen LogP contribution >= 0.6 is 0 Å². The molecule has 1 aromatic rings. The van der Waals surface area contributed by atoms with Gasteiger partial charge in [0.1, 0.15) is 6.33 Å². The predicted molar refractivity (Wildman–Crippen MR) is 94.5 cm³/mol. The topological polar surface area (TPSA) is 75.1 Å². The Balaban J connectivity index is 1.83. The molecular weight excluding hydrogens is 304 g/mol. The highest BCUT2D eigenvalue weighted by Crippen LogP contribution is 2.21. The molecule has 2 atom stereocenters. The third-order valence-corrected chi connectivity index (χ3v) is 5.01. The first-order chi connectivity index (χ1) is 11.4. The Hall–Kier alpha value is -1.63. The van der Waals surface area contributed by atoms with Crippen LogP contribution in [0.2, 0.25) is 0 Å². The van der Waals surface area contributed by atoms with Crippen LogP contribution in [0.3, 0.4) is 0 Å². The Labute approximate surface area is 145 Å². The Morgan fingerprint density at radius 3 is 2.54 bits per heavy atom. The van der Waals surface area contributed by atoms with Crippen molar-refractivity contribution in [3.05, 3.63) is 12.2 Å². The summed E-state index contributed by atoms with van der Waals surface area (Å²) < 4.78 is 1.82. The maximum absolute atomic E-state index is 12.2. The lowest BCUT2D eigenvalue weighted by atomic mass is 9.94. The van der Waals surface area contributed by atoms with Crippen LogP contribution in [0, 0.1) is 11.8 Å². The highest BCUT2D eigenvalue weighted by Gasteiger charge is 2.26. The van der Waals surface area contributed by atoms with Crippen molar-refractivity contribution in [2.24, 2.45) is 18.9 Å². The number of likely N-dealkylation sites (tertiary alicyclic amines) is 1. The number of aryl methyl sites for hydroxylation is 1. The number of hydrogen-bond donors (Lipinski definition) is 2. The molecule has 1 saturated heterocycles. The second-order valence-corrected chi connectivity index (χ2v) is 7.41. The lowest BCUT2D eigenvalue weighted by Gasteiger charge is -2.38. The summed E-state index contributed by atoms with van der Waals surface area (Å²) in [6.45, 7) is 11.6. The van der Waals surface area contributed by atoms with Crippen LogP contribution in [0.4, 0.5) is 4.79 Å². The summed E-state index contributed by atoms with van der Waals surface area (Å²) in [7, 11) is 1.87. The highest BCUT2D eigenvalue weighted by molar-refractivity contribution is 5.74. The molecule has 2 rings (SSSR count). The summed E-state index contributed by atoms with van der Waals surface area (Å²) in [5.41, 5.74) is 0. The number of piperidine rings is 1. The summed E-state index contributed by atoms with van der Waals surface area (Å²) in [5.74, 6) is 2.07. The Morgan fingerprint density at radius 1 is 1.33 bits per heavy atom. The number of hydrogen-bond acceptors (Lipinski definition) is 4. The van der Waals surface area contributed by atoms with Crippen molar-refractivity contribution in [2.45, 2.75) is 52.6 Å². The molecule has 0 saturated carbocycles. The van der Waals surface area contributed by atoms with Crippen LogP contribution in [-0.4, -0.2) is 51.4 Å². The van der Waals surface area contributed by atoms with E-state index in [1.54, 1.807) is 6.33 Å². The van der Waals surface area contributed by atoms with E-state index in [-0.39, 0.29) is 12.1 Å². The van der Waals surface area contributed by atoms with E-state index < -0.39 is 0 Å². The van der Waals surface area contributed by atoms with Crippen LogP contribution in [0.5, 0.6) is 0 Å². The molecule has 0 bridgehead atoms. The monoisotopic (exact) mass is 336 g/mol. The van der Waals surface area contributed by atoms with Gasteiger partial charge in [-0.25, -0.2) is 4.79 Å². The van der Waals surface area contributed by atoms with Crippen molar-refractivity contribution in [2.75, 3.05) is 19.6 Å². The summed E-state index contributed by atoms with van der Waals surface area (Å²) in [5, 5.41) is 13.9. The first kappa shape index (κ1) is 18.7. The fourth-order valence-electron chi connectivity index (χ4n) is 3.34. The zero-order valence-electron chi connectivity index (χ0n) is 15.6. The molecule has 0 aliphatic carbocycles. The van der Waals surface area contributed by atoms with Crippen LogP contribution in [0.25, 0.3) is 0 Å². The molecule has 0 aromatic carbocycles. The minimum atomic E-state index is -0.175. The zero-order chi connectivity index (χ0) is 17.7. The fraction of sp³-hybridized carbons (Fsp3) is 0.824. The zero-order valence-corrected chi connectivity index (χ0v) is 15.6. The Kier molecular flexibility index (Phi) is 6.60. The number of aromatic nitrogens is 3. The number of carbonyl (C=O) groups excluding carboxylic acids is 1. The smallest absolute Gasteiger partial charge is 0.315 e. The van der Waals surface area contributed by atoms with E-state index >= 15 is 0 Å². The molecule has 2 amide bonds. The molecule has 1 aliphatic rings. The lowest BCUT2D eigenvalue weighted by molar-refractivity contribution is 0.108. The average Bonchev–Trinajstić information content (AvgIpc) is 2.95. The number of urea groups is 1. The van der Waals surface area contributed by atoms with Crippen molar-refractivity contribution in [3.8, 4) is 0 Å². The number of nitrogens with zero attached hydrogens (tertiary/aromatic N) is 4. The maximum Gasteiger partial charge on any atom is 0.315 e. The fourth-order valence-corrected chi connectivity index (χ4v) is 3.34. The molecule has 1 aliphatic heterocycles. The van der Waals surface area contributed by atoms with Gasteiger partial charge >= 0.3 is 6.03 Å². The van der Waals surface area contributed by atoms with Gasteiger partial charge in [0.05, 0.1) is 6.04 Å². The average molecular weight is 336 g/mol. The van der Waals surface area contributed by atoms with E-state index in [4.69, 9.17) is 0 Å². The standard InChI is InChI=1S/C17H32N6O/c1-12(2)15(23-8-6-13(3)7-9-23)10-18-17(24)20-14(4)16-21-19-11-22(16)5/h11-15H,6-10H2,1-5H3,(H2,18,20,24)/t14-,15+/m0/s1. The maximum atomic E-state index is 12.2. The molecule has 0 unspecified atom stereocenters. The van der Waals surface area contributed by atoms with Crippen LogP contribution in [0.15, 0.2) is 6.33 Å². The van der Waals surface area contributed by atoms with Crippen molar-refractivity contribution in [1.29, 1.82) is 0 Å². The van der Waals surface area contributed by atoms with Crippen molar-refractivity contribution >= 4 is 6.03 Å². The number of amides is 2. The third kappa shape index (κ3) is 4.93. The minimum Gasteiger partial charge on any atom is -0.337 e. The molecule has 7 nitrogen and oxygen atoms in total. The molecule has 1 aromatic heterocycles. The van der Waals surface area contributed by atoms with Gasteiger partial charge in [-0.3, -0.25) is 4.90 Å². The lowest BCUT2D eigenvalue weighted by Crippen LogP contribution is -2.51. The van der Waals surface area contributed by atoms with E-state index in [0.29, 0.717) is 18.5 Å². The van der Waals surface area contributed by atoms with Gasteiger partial charge < -0.3 is 15.2 Å². The minimum absolute atomic E-state index is 0.151. The quantitative estimate of drug-likeness (QED) is 0.832. The molecule has 0 radical (unpaired) electrons. The number of carbonyl (C=O) groups is 1. The van der Waals surface area contributed by atoms with Gasteiger partial charge in [0.25, 0.3) is 0 Å². The molecular formula is C17H32N6O. The van der Waals surface area contributed by atoms with Crippen LogP contribution in [0.1, 0.15) is 52.4 Å². The van der Waals surface area contributed by atoms with Crippen LogP contribution < -0.4 is 10.6 Å². The summed E-state index contributed by atoms with van der Waals surface area (Å²) in [4.78, 5) is 14.7. The van der Waals surface area contributed by atoms with Crippen LogP contribution in [-0.2, 0) is 7.05 Å². The van der Waals surface area contributed by atoms with Crippen molar-refractivity contribution < 1.29 is 4.79 Å². The van der Waals surface area contributed by atoms with Crippen molar-refractivity contribution in [1.82, 2.24) is 30.3 Å². The molecule has 2 N–H and O–H groups in total. The largest absolute Gasteiger partial charge is 0.337 e. The predicted octanol–water partition coefficient (Wildman–Crippen LogP) is 1.93. The van der Waals surface area contributed by atoms with E-state index in [9.17, 15) is 4.79 Å². The molecule has 0 spiro atoms. The van der Waals surface area contributed by atoms with Gasteiger partial charge in [-0.1, -0.05) is 20.8 Å². The van der Waals surface area contributed by atoms with Crippen molar-refractivity contribution in [3.63, 3.8) is 0 Å².